The van der Waals surface area contributed by atoms with Crippen LogP contribution in [0.15, 0.2) is 0 Å². The molecule has 11 heteroatoms. The first kappa shape index (κ1) is 31.6. The summed E-state index contributed by atoms with van der Waals surface area (Å²) in [4.78, 5) is 22.0. The van der Waals surface area contributed by atoms with Crippen molar-refractivity contribution in [1.29, 1.82) is 0 Å². The summed E-state index contributed by atoms with van der Waals surface area (Å²) in [6, 6.07) is 0. The van der Waals surface area contributed by atoms with Crippen LogP contribution in [0.2, 0.25) is 0 Å². The molecule has 0 unspecified atom stereocenters. The summed E-state index contributed by atoms with van der Waals surface area (Å²) in [6.07, 6.45) is -2.78. The van der Waals surface area contributed by atoms with Crippen LogP contribution in [0, 0.1) is 11.8 Å². The van der Waals surface area contributed by atoms with E-state index in [0.29, 0.717) is 7.92 Å². The molecule has 0 aromatic rings. The molecule has 0 heterocycles. The minimum Gasteiger partial charge on any atom is -0.333 e. The third-order valence-corrected chi connectivity index (χ3v) is 6.09. The van der Waals surface area contributed by atoms with Gasteiger partial charge < -0.3 is 9.59 Å². The molecule has 0 aromatic carbocycles. The van der Waals surface area contributed by atoms with E-state index in [1.807, 2.05) is 0 Å². The summed E-state index contributed by atoms with van der Waals surface area (Å²) >= 11 is 0. The minimum absolute atomic E-state index is 0. The molecule has 166 valence electrons. The predicted molar refractivity (Wildman–Crippen MR) is 88.3 cm³/mol. The smallest absolute Gasteiger partial charge is 0.333 e. The minimum atomic E-state index is -6.61. The zero-order valence-corrected chi connectivity index (χ0v) is 18.3. The maximum Gasteiger partial charge on any atom is 1.00 e. The van der Waals surface area contributed by atoms with E-state index in [9.17, 15) is 40.3 Å². The Morgan fingerprint density at radius 2 is 1.11 bits per heavy atom. The molecular weight excluding hydrogens is 496 g/mol. The second kappa shape index (κ2) is 11.8. The first-order valence-electron chi connectivity index (χ1n) is 7.88. The Morgan fingerprint density at radius 3 is 1.30 bits per heavy atom. The van der Waals surface area contributed by atoms with Crippen molar-refractivity contribution < 1.29 is 62.7 Å². The van der Waals surface area contributed by atoms with Gasteiger partial charge in [0.1, 0.15) is 0 Å². The van der Waals surface area contributed by atoms with Gasteiger partial charge in [-0.05, 0) is 23.9 Å². The Balaban J connectivity index is -0.000000612. The van der Waals surface area contributed by atoms with Crippen LogP contribution in [0.25, 0.3) is 0 Å². The van der Waals surface area contributed by atoms with E-state index in [-0.39, 0.29) is 22.4 Å². The predicted octanol–water partition coefficient (Wildman–Crippen LogP) is 5.73. The van der Waals surface area contributed by atoms with Crippen LogP contribution < -0.4 is 0 Å². The van der Waals surface area contributed by atoms with Gasteiger partial charge >= 0.3 is 40.4 Å². The van der Waals surface area contributed by atoms with E-state index in [2.05, 4.69) is 20.8 Å². The second-order valence-electron chi connectivity index (χ2n) is 6.39. The summed E-state index contributed by atoms with van der Waals surface area (Å²) in [5.74, 6) is -16.7. The van der Waals surface area contributed by atoms with Crippen LogP contribution in [0.3, 0.4) is 0 Å². The summed E-state index contributed by atoms with van der Waals surface area (Å²) < 4.78 is 86.0. The van der Waals surface area contributed by atoms with Gasteiger partial charge in [0.25, 0.3) is 0 Å². The number of ketones is 2. The molecule has 0 spiro atoms. The number of Topliss-reactive ketones (excluding diaryl/α,β-unsaturated/α-hetero) is 2. The van der Waals surface area contributed by atoms with Crippen molar-refractivity contribution in [1.82, 2.24) is 0 Å². The molecule has 0 aromatic heterocycles. The summed E-state index contributed by atoms with van der Waals surface area (Å²) in [5, 5.41) is 0. The van der Waals surface area contributed by atoms with Crippen LogP contribution in [0.4, 0.5) is 30.7 Å². The maximum atomic E-state index is 12.8. The van der Waals surface area contributed by atoms with Gasteiger partial charge in [-0.1, -0.05) is 41.5 Å². The molecule has 0 radical (unpaired) electrons. The second-order valence-corrected chi connectivity index (χ2v) is 9.63. The standard InChI is InChI=1S/C10H10F7O2.C6H15P.Ag/c1-7(2,3)5(18)4-6(19)8(11,12)9(13,14)10(15,16)17;1-4-7(5-2)6-3;/h4H,1-3H3;4-6H2,1-3H3;/q-1;;+1. The third-order valence-electron chi connectivity index (χ3n) is 3.40. The van der Waals surface area contributed by atoms with Crippen LogP contribution in [-0.4, -0.2) is 48.1 Å². The number of halogens is 7. The van der Waals surface area contributed by atoms with Gasteiger partial charge in [0.15, 0.2) is 0 Å². The Bertz CT molecular complexity index is 465. The van der Waals surface area contributed by atoms with Gasteiger partial charge in [-0.15, -0.1) is 7.92 Å². The number of alkyl halides is 7. The molecule has 0 saturated heterocycles. The zero-order valence-electron chi connectivity index (χ0n) is 15.9. The average molecular weight is 521 g/mol. The quantitative estimate of drug-likeness (QED) is 0.141. The molecule has 0 saturated carbocycles. The molecule has 0 bridgehead atoms. The Kier molecular flexibility index (Phi) is 13.8. The monoisotopic (exact) mass is 520 g/mol. The number of rotatable bonds is 7. The molecule has 0 N–H and O–H groups in total. The fraction of sp³-hybridized carbons (Fsp3) is 0.812. The average Bonchev–Trinajstić information content (AvgIpc) is 2.47. The number of carbonyl (C=O) groups is 2. The molecule has 0 amide bonds. The number of hydrogen-bond acceptors (Lipinski definition) is 2. The normalized spacial score (nSPS) is 12.7. The molecule has 27 heavy (non-hydrogen) atoms. The summed E-state index contributed by atoms with van der Waals surface area (Å²) in [5.41, 5.74) is -1.36. The molecule has 0 rings (SSSR count). The molecule has 0 aliphatic carbocycles. The van der Waals surface area contributed by atoms with Gasteiger partial charge in [0, 0.05) is 5.78 Å². The molecule has 0 fully saturated rings. The third kappa shape index (κ3) is 9.29. The van der Waals surface area contributed by atoms with Crippen LogP contribution in [0.1, 0.15) is 41.5 Å². The molecule has 0 atom stereocenters. The summed E-state index contributed by atoms with van der Waals surface area (Å²) in [7, 11) is 0.446. The largest absolute Gasteiger partial charge is 1.00 e. The van der Waals surface area contributed by atoms with Crippen molar-refractivity contribution in [3.05, 3.63) is 6.42 Å². The zero-order chi connectivity index (χ0) is 21.6. The summed E-state index contributed by atoms with van der Waals surface area (Å²) in [6.45, 7) is 10.4. The van der Waals surface area contributed by atoms with E-state index in [1.165, 1.54) is 39.3 Å². The Labute approximate surface area is 172 Å². The fourth-order valence-electron chi connectivity index (χ4n) is 1.43. The van der Waals surface area contributed by atoms with Gasteiger partial charge in [0.2, 0.25) is 0 Å². The molecule has 0 aliphatic rings. The molecular formula is C16H25AgF7O2P. The van der Waals surface area contributed by atoms with E-state index in [4.69, 9.17) is 0 Å². The van der Waals surface area contributed by atoms with Crippen LogP contribution >= 0.6 is 7.92 Å². The fourth-order valence-corrected chi connectivity index (χ4v) is 2.77. The van der Waals surface area contributed by atoms with E-state index < -0.39 is 41.4 Å². The SMILES string of the molecule is CC(C)(C)C(=O)[CH-]C(=O)C(F)(F)C(F)(F)C(F)(F)F.CCP(CC)CC.[Ag+]. The van der Waals surface area contributed by atoms with E-state index in [1.54, 1.807) is 0 Å². The topological polar surface area (TPSA) is 34.1 Å². The Hall–Kier alpha value is -0.110. The molecule has 0 aliphatic heterocycles. The van der Waals surface area contributed by atoms with Crippen LogP contribution in [0.5, 0.6) is 0 Å². The van der Waals surface area contributed by atoms with Crippen molar-refractivity contribution in [3.8, 4) is 0 Å². The number of carbonyl (C=O) groups excluding carboxylic acids is 2. The van der Waals surface area contributed by atoms with Gasteiger partial charge in [-0.2, -0.15) is 30.7 Å². The van der Waals surface area contributed by atoms with Crippen molar-refractivity contribution in [2.24, 2.45) is 5.41 Å². The van der Waals surface area contributed by atoms with Crippen molar-refractivity contribution in [2.45, 2.75) is 59.6 Å². The number of hydrogen-bond donors (Lipinski definition) is 0. The first-order chi connectivity index (χ1) is 11.4. The van der Waals surface area contributed by atoms with Gasteiger partial charge in [-0.3, -0.25) is 6.42 Å². The van der Waals surface area contributed by atoms with Crippen LogP contribution in [-0.2, 0) is 32.0 Å². The Morgan fingerprint density at radius 1 is 0.778 bits per heavy atom. The van der Waals surface area contributed by atoms with Crippen molar-refractivity contribution in [3.63, 3.8) is 0 Å². The molecule has 2 nitrogen and oxygen atoms in total. The maximum absolute atomic E-state index is 12.8. The van der Waals surface area contributed by atoms with E-state index in [0.717, 1.165) is 0 Å². The van der Waals surface area contributed by atoms with Gasteiger partial charge in [0.05, 0.1) is 5.78 Å². The van der Waals surface area contributed by atoms with E-state index >= 15 is 0 Å². The van der Waals surface area contributed by atoms with Gasteiger partial charge in [-0.25, -0.2) is 0 Å². The van der Waals surface area contributed by atoms with Crippen molar-refractivity contribution in [2.75, 3.05) is 18.5 Å². The first-order valence-corrected chi connectivity index (χ1v) is 9.78. The van der Waals surface area contributed by atoms with Crippen molar-refractivity contribution >= 4 is 19.5 Å².